The summed E-state index contributed by atoms with van der Waals surface area (Å²) in [6, 6.07) is 1.65. The molecular weight excluding hydrogens is 504 g/mol. The van der Waals surface area contributed by atoms with Crippen LogP contribution in [0.25, 0.3) is 11.3 Å². The summed E-state index contributed by atoms with van der Waals surface area (Å²) < 4.78 is 33.1. The molecule has 1 atom stereocenters. The highest BCUT2D eigenvalue weighted by molar-refractivity contribution is 6.36. The Hall–Kier alpha value is -2.46. The average molecular weight is 540 g/mol. The first kappa shape index (κ1) is 27.6. The number of hydrogen-bond acceptors (Lipinski definition) is 6. The van der Waals surface area contributed by atoms with Gasteiger partial charge in [0.1, 0.15) is 11.6 Å². The number of alkyl halides is 2. The van der Waals surface area contributed by atoms with Gasteiger partial charge in [-0.15, -0.1) is 0 Å². The molecule has 0 radical (unpaired) electrons. The number of hydrogen-bond donors (Lipinski definition) is 3. The molecule has 0 spiro atoms. The standard InChI is InChI=1S/C26H36ClF2N5O3/c1-4-18(16-6-7-16)32-20-12-19(37-25(28)29)17(13-30-20)23-21(27)22(33-34(23)5-2)24(35)31-14-26(36)10-8-15(3)9-11-26/h12-13,15-16,18,25,36H,4-11,14H2,1-3H3,(H,30,32)(H,31,35). The van der Waals surface area contributed by atoms with Crippen LogP contribution in [0.5, 0.6) is 5.75 Å². The molecule has 204 valence electrons. The van der Waals surface area contributed by atoms with Crippen LogP contribution in [-0.2, 0) is 6.54 Å². The number of anilines is 1. The first-order valence-electron chi connectivity index (χ1n) is 13.1. The van der Waals surface area contributed by atoms with Crippen LogP contribution in [0.15, 0.2) is 12.3 Å². The Bertz CT molecular complexity index is 1100. The molecule has 1 amide bonds. The van der Waals surface area contributed by atoms with Crippen molar-refractivity contribution >= 4 is 23.3 Å². The van der Waals surface area contributed by atoms with Crippen LogP contribution >= 0.6 is 11.6 Å². The predicted octanol–water partition coefficient (Wildman–Crippen LogP) is 5.49. The highest BCUT2D eigenvalue weighted by atomic mass is 35.5. The number of aromatic nitrogens is 3. The maximum atomic E-state index is 13.4. The van der Waals surface area contributed by atoms with Gasteiger partial charge in [-0.1, -0.05) is 25.4 Å². The number of aliphatic hydroxyl groups is 1. The van der Waals surface area contributed by atoms with E-state index < -0.39 is 18.1 Å². The minimum absolute atomic E-state index is 0.00893. The minimum atomic E-state index is -3.06. The van der Waals surface area contributed by atoms with Crippen molar-refractivity contribution in [3.8, 4) is 17.0 Å². The molecule has 2 saturated carbocycles. The number of ether oxygens (including phenoxy) is 1. The van der Waals surface area contributed by atoms with Gasteiger partial charge in [0.15, 0.2) is 5.69 Å². The van der Waals surface area contributed by atoms with Crippen molar-refractivity contribution in [1.29, 1.82) is 0 Å². The number of carbonyl (C=O) groups excluding carboxylic acids is 1. The highest BCUT2D eigenvalue weighted by Gasteiger charge is 2.34. The number of aryl methyl sites for hydroxylation is 1. The van der Waals surface area contributed by atoms with Gasteiger partial charge in [-0.25, -0.2) is 4.98 Å². The van der Waals surface area contributed by atoms with E-state index in [1.54, 1.807) is 6.92 Å². The van der Waals surface area contributed by atoms with Gasteiger partial charge >= 0.3 is 6.61 Å². The van der Waals surface area contributed by atoms with Crippen LogP contribution in [0, 0.1) is 11.8 Å². The van der Waals surface area contributed by atoms with E-state index in [2.05, 4.69) is 34.6 Å². The maximum absolute atomic E-state index is 13.4. The third-order valence-electron chi connectivity index (χ3n) is 7.49. The third kappa shape index (κ3) is 6.52. The summed E-state index contributed by atoms with van der Waals surface area (Å²) in [5.74, 6) is 0.896. The molecule has 1 unspecified atom stereocenters. The van der Waals surface area contributed by atoms with Crippen LogP contribution in [0.2, 0.25) is 5.02 Å². The molecule has 2 aromatic rings. The fourth-order valence-electron chi connectivity index (χ4n) is 5.00. The van der Waals surface area contributed by atoms with Gasteiger partial charge < -0.3 is 20.5 Å². The number of pyridine rings is 1. The third-order valence-corrected chi connectivity index (χ3v) is 7.85. The summed E-state index contributed by atoms with van der Waals surface area (Å²) in [6.07, 6.45) is 7.59. The van der Waals surface area contributed by atoms with Crippen molar-refractivity contribution in [3.63, 3.8) is 0 Å². The van der Waals surface area contributed by atoms with Gasteiger partial charge in [-0.2, -0.15) is 13.9 Å². The van der Waals surface area contributed by atoms with Gasteiger partial charge in [-0.3, -0.25) is 9.48 Å². The van der Waals surface area contributed by atoms with Gasteiger partial charge in [0.2, 0.25) is 0 Å². The van der Waals surface area contributed by atoms with E-state index >= 15 is 0 Å². The van der Waals surface area contributed by atoms with Crippen molar-refractivity contribution in [1.82, 2.24) is 20.1 Å². The largest absolute Gasteiger partial charge is 0.434 e. The Morgan fingerprint density at radius 1 is 1.30 bits per heavy atom. The van der Waals surface area contributed by atoms with E-state index in [4.69, 9.17) is 16.3 Å². The zero-order valence-electron chi connectivity index (χ0n) is 21.6. The second-order valence-corrected chi connectivity index (χ2v) is 10.7. The summed E-state index contributed by atoms with van der Waals surface area (Å²) in [4.78, 5) is 17.4. The number of carbonyl (C=O) groups is 1. The summed E-state index contributed by atoms with van der Waals surface area (Å²) in [7, 11) is 0. The van der Waals surface area contributed by atoms with Crippen molar-refractivity contribution < 1.29 is 23.4 Å². The summed E-state index contributed by atoms with van der Waals surface area (Å²) in [5, 5.41) is 21.3. The Morgan fingerprint density at radius 2 is 2.00 bits per heavy atom. The van der Waals surface area contributed by atoms with Crippen LogP contribution in [0.3, 0.4) is 0 Å². The van der Waals surface area contributed by atoms with E-state index in [0.717, 1.165) is 32.1 Å². The quantitative estimate of drug-likeness (QED) is 0.349. The molecule has 0 aromatic carbocycles. The first-order valence-corrected chi connectivity index (χ1v) is 13.5. The summed E-state index contributed by atoms with van der Waals surface area (Å²) in [6.45, 7) is 3.38. The molecule has 3 N–H and O–H groups in total. The fourth-order valence-corrected chi connectivity index (χ4v) is 5.33. The molecule has 4 rings (SSSR count). The van der Waals surface area contributed by atoms with E-state index in [0.29, 0.717) is 37.0 Å². The normalized spacial score (nSPS) is 22.6. The van der Waals surface area contributed by atoms with Crippen molar-refractivity contribution in [2.45, 2.75) is 90.5 Å². The van der Waals surface area contributed by atoms with Gasteiger partial charge in [-0.05, 0) is 63.7 Å². The number of rotatable bonds is 11. The Balaban J connectivity index is 1.59. The van der Waals surface area contributed by atoms with Crippen LogP contribution in [0.4, 0.5) is 14.6 Å². The van der Waals surface area contributed by atoms with Crippen molar-refractivity contribution in [2.75, 3.05) is 11.9 Å². The zero-order valence-corrected chi connectivity index (χ0v) is 22.3. The molecule has 2 aromatic heterocycles. The van der Waals surface area contributed by atoms with E-state index in [9.17, 15) is 18.7 Å². The molecular formula is C26H36ClF2N5O3. The van der Waals surface area contributed by atoms with E-state index in [-0.39, 0.29) is 40.3 Å². The Kier molecular flexibility index (Phi) is 8.58. The SMILES string of the molecule is CCC(Nc1cc(OC(F)F)c(-c2c(Cl)c(C(=O)NCC3(O)CCC(C)CC3)nn2CC)cn1)C1CC1. The summed E-state index contributed by atoms with van der Waals surface area (Å²) in [5.41, 5.74) is -0.532. The van der Waals surface area contributed by atoms with Crippen LogP contribution < -0.4 is 15.4 Å². The highest BCUT2D eigenvalue weighted by Crippen LogP contribution is 2.40. The fraction of sp³-hybridized carbons (Fsp3) is 0.654. The van der Waals surface area contributed by atoms with E-state index in [1.807, 2.05) is 0 Å². The Morgan fingerprint density at radius 3 is 2.59 bits per heavy atom. The van der Waals surface area contributed by atoms with Crippen molar-refractivity contribution in [3.05, 3.63) is 23.0 Å². The lowest BCUT2D eigenvalue weighted by Gasteiger charge is -2.34. The van der Waals surface area contributed by atoms with Crippen molar-refractivity contribution in [2.24, 2.45) is 11.8 Å². The maximum Gasteiger partial charge on any atom is 0.387 e. The van der Waals surface area contributed by atoms with Crippen LogP contribution in [0.1, 0.15) is 76.2 Å². The lowest BCUT2D eigenvalue weighted by atomic mass is 9.79. The number of halogens is 3. The monoisotopic (exact) mass is 539 g/mol. The molecule has 0 saturated heterocycles. The molecule has 37 heavy (non-hydrogen) atoms. The lowest BCUT2D eigenvalue weighted by molar-refractivity contribution is -0.0494. The van der Waals surface area contributed by atoms with Gasteiger partial charge in [0.05, 0.1) is 21.9 Å². The molecule has 2 fully saturated rings. The Labute approximate surface area is 221 Å². The molecule has 0 aliphatic heterocycles. The molecule has 11 heteroatoms. The molecule has 0 bridgehead atoms. The summed E-state index contributed by atoms with van der Waals surface area (Å²) >= 11 is 6.62. The second kappa shape index (κ2) is 11.5. The average Bonchev–Trinajstić information content (AvgIpc) is 3.66. The topological polar surface area (TPSA) is 101 Å². The number of nitrogens with zero attached hydrogens (tertiary/aromatic N) is 3. The second-order valence-electron chi connectivity index (χ2n) is 10.4. The first-order chi connectivity index (χ1) is 17.6. The lowest BCUT2D eigenvalue weighted by Crippen LogP contribution is -2.45. The molecule has 2 aliphatic rings. The zero-order chi connectivity index (χ0) is 26.7. The predicted molar refractivity (Wildman–Crippen MR) is 138 cm³/mol. The van der Waals surface area contributed by atoms with Gasteiger partial charge in [0, 0.05) is 31.4 Å². The van der Waals surface area contributed by atoms with E-state index in [1.165, 1.54) is 16.9 Å². The molecule has 2 heterocycles. The molecule has 2 aliphatic carbocycles. The van der Waals surface area contributed by atoms with Gasteiger partial charge in [0.25, 0.3) is 5.91 Å². The smallest absolute Gasteiger partial charge is 0.387 e. The minimum Gasteiger partial charge on any atom is -0.434 e. The molecule has 8 nitrogen and oxygen atoms in total. The number of nitrogens with one attached hydrogen (secondary N) is 2. The van der Waals surface area contributed by atoms with Crippen LogP contribution in [-0.4, -0.2) is 50.6 Å². The number of amides is 1.